The van der Waals surface area contributed by atoms with E-state index in [1.165, 1.54) is 6.07 Å². The maximum Gasteiger partial charge on any atom is 0.254 e. The van der Waals surface area contributed by atoms with Gasteiger partial charge in [-0.2, -0.15) is 0 Å². The largest absolute Gasteiger partial charge is 0.491 e. The predicted molar refractivity (Wildman–Crippen MR) is 77.8 cm³/mol. The number of benzene rings is 2. The van der Waals surface area contributed by atoms with E-state index in [-0.39, 0.29) is 11.7 Å². The Morgan fingerprint density at radius 1 is 1.24 bits per heavy atom. The van der Waals surface area contributed by atoms with Crippen molar-refractivity contribution in [3.8, 4) is 5.75 Å². The molecule has 108 valence electrons. The number of nitrogens with zero attached hydrogens (tertiary/aromatic N) is 1. The van der Waals surface area contributed by atoms with Gasteiger partial charge >= 0.3 is 0 Å². The number of halogens is 1. The molecule has 0 unspecified atom stereocenters. The van der Waals surface area contributed by atoms with E-state index in [1.54, 1.807) is 24.0 Å². The predicted octanol–water partition coefficient (Wildman–Crippen LogP) is 3.17. The fraction of sp³-hybridized carbons (Fsp3) is 0.235. The van der Waals surface area contributed by atoms with Crippen LogP contribution in [0.2, 0.25) is 0 Å². The third-order valence-electron chi connectivity index (χ3n) is 3.66. The molecular weight excluding hydrogens is 269 g/mol. The van der Waals surface area contributed by atoms with Gasteiger partial charge < -0.3 is 9.64 Å². The van der Waals surface area contributed by atoms with E-state index < -0.39 is 0 Å². The van der Waals surface area contributed by atoms with Gasteiger partial charge in [-0.25, -0.2) is 4.39 Å². The van der Waals surface area contributed by atoms with Crippen molar-refractivity contribution in [2.75, 3.05) is 13.2 Å². The highest BCUT2D eigenvalue weighted by Gasteiger charge is 2.21. The molecule has 0 aliphatic carbocycles. The van der Waals surface area contributed by atoms with Crippen molar-refractivity contribution in [3.05, 3.63) is 65.0 Å². The second-order valence-electron chi connectivity index (χ2n) is 5.15. The first-order chi connectivity index (χ1) is 10.1. The summed E-state index contributed by atoms with van der Waals surface area (Å²) in [4.78, 5) is 14.2. The molecule has 21 heavy (non-hydrogen) atoms. The first-order valence-electron chi connectivity index (χ1n) is 6.91. The van der Waals surface area contributed by atoms with Gasteiger partial charge in [-0.1, -0.05) is 24.3 Å². The molecule has 3 nitrogen and oxygen atoms in total. The third-order valence-corrected chi connectivity index (χ3v) is 3.66. The van der Waals surface area contributed by atoms with Gasteiger partial charge in [0, 0.05) is 17.7 Å². The van der Waals surface area contributed by atoms with Gasteiger partial charge in [0.15, 0.2) is 0 Å². The Kier molecular flexibility index (Phi) is 3.60. The molecular formula is C17H16FNO2. The molecule has 1 amide bonds. The van der Waals surface area contributed by atoms with E-state index >= 15 is 0 Å². The Balaban J connectivity index is 1.86. The number of carbonyl (C=O) groups is 1. The summed E-state index contributed by atoms with van der Waals surface area (Å²) < 4.78 is 19.3. The Labute approximate surface area is 123 Å². The van der Waals surface area contributed by atoms with Crippen molar-refractivity contribution in [3.63, 3.8) is 0 Å². The SMILES string of the molecule is Cc1ccc(C(=O)N2CCOc3ccccc3C2)cc1F. The van der Waals surface area contributed by atoms with Gasteiger partial charge in [0.1, 0.15) is 18.2 Å². The van der Waals surface area contributed by atoms with Crippen LogP contribution in [0.25, 0.3) is 0 Å². The molecule has 1 heterocycles. The van der Waals surface area contributed by atoms with Crippen LogP contribution < -0.4 is 4.74 Å². The number of para-hydroxylation sites is 1. The molecule has 2 aromatic carbocycles. The number of carbonyl (C=O) groups excluding carboxylic acids is 1. The zero-order valence-electron chi connectivity index (χ0n) is 11.8. The number of fused-ring (bicyclic) bond motifs is 1. The van der Waals surface area contributed by atoms with Gasteiger partial charge in [-0.3, -0.25) is 4.79 Å². The Morgan fingerprint density at radius 2 is 2.05 bits per heavy atom. The van der Waals surface area contributed by atoms with Crippen LogP contribution in [0.1, 0.15) is 21.5 Å². The average molecular weight is 285 g/mol. The number of hydrogen-bond acceptors (Lipinski definition) is 2. The molecule has 3 rings (SSSR count). The van der Waals surface area contributed by atoms with Crippen molar-refractivity contribution in [2.45, 2.75) is 13.5 Å². The number of amides is 1. The minimum atomic E-state index is -0.354. The van der Waals surface area contributed by atoms with Crippen LogP contribution in [0.3, 0.4) is 0 Å². The van der Waals surface area contributed by atoms with Crippen molar-refractivity contribution in [1.82, 2.24) is 4.90 Å². The highest BCUT2D eigenvalue weighted by molar-refractivity contribution is 5.94. The highest BCUT2D eigenvalue weighted by Crippen LogP contribution is 2.23. The quantitative estimate of drug-likeness (QED) is 0.805. The molecule has 0 aromatic heterocycles. The molecule has 0 bridgehead atoms. The number of rotatable bonds is 1. The van der Waals surface area contributed by atoms with Crippen molar-refractivity contribution in [2.24, 2.45) is 0 Å². The van der Waals surface area contributed by atoms with Crippen LogP contribution in [-0.2, 0) is 6.54 Å². The molecule has 0 N–H and O–H groups in total. The lowest BCUT2D eigenvalue weighted by Crippen LogP contribution is -2.32. The third kappa shape index (κ3) is 2.75. The van der Waals surface area contributed by atoms with Gasteiger partial charge in [-0.05, 0) is 30.7 Å². The second kappa shape index (κ2) is 5.56. The Bertz CT molecular complexity index is 684. The smallest absolute Gasteiger partial charge is 0.254 e. The fourth-order valence-electron chi connectivity index (χ4n) is 2.41. The van der Waals surface area contributed by atoms with Gasteiger partial charge in [0.2, 0.25) is 0 Å². The number of aryl methyl sites for hydroxylation is 1. The van der Waals surface area contributed by atoms with Crippen LogP contribution in [0.5, 0.6) is 5.75 Å². The molecule has 4 heteroatoms. The number of ether oxygens (including phenoxy) is 1. The lowest BCUT2D eigenvalue weighted by molar-refractivity contribution is 0.0732. The Hall–Kier alpha value is -2.36. The average Bonchev–Trinajstić information content (AvgIpc) is 2.71. The van der Waals surface area contributed by atoms with Crippen LogP contribution >= 0.6 is 0 Å². The van der Waals surface area contributed by atoms with Crippen LogP contribution in [0, 0.1) is 12.7 Å². The monoisotopic (exact) mass is 285 g/mol. The van der Waals surface area contributed by atoms with Gasteiger partial charge in [-0.15, -0.1) is 0 Å². The topological polar surface area (TPSA) is 29.5 Å². The highest BCUT2D eigenvalue weighted by atomic mass is 19.1. The molecule has 0 radical (unpaired) electrons. The summed E-state index contributed by atoms with van der Waals surface area (Å²) >= 11 is 0. The van der Waals surface area contributed by atoms with Crippen molar-refractivity contribution >= 4 is 5.91 Å². The summed E-state index contributed by atoms with van der Waals surface area (Å²) in [6, 6.07) is 12.3. The zero-order chi connectivity index (χ0) is 14.8. The number of hydrogen-bond donors (Lipinski definition) is 0. The standard InChI is InChI=1S/C17H16FNO2/c1-12-6-7-13(10-15(12)18)17(20)19-8-9-21-16-5-3-2-4-14(16)11-19/h2-7,10H,8-9,11H2,1H3. The van der Waals surface area contributed by atoms with Crippen molar-refractivity contribution in [1.29, 1.82) is 0 Å². The fourth-order valence-corrected chi connectivity index (χ4v) is 2.41. The van der Waals surface area contributed by atoms with E-state index in [2.05, 4.69) is 0 Å². The van der Waals surface area contributed by atoms with Gasteiger partial charge in [0.05, 0.1) is 6.54 Å². The summed E-state index contributed by atoms with van der Waals surface area (Å²) in [5.74, 6) is 0.282. The lowest BCUT2D eigenvalue weighted by Gasteiger charge is -2.20. The second-order valence-corrected chi connectivity index (χ2v) is 5.15. The van der Waals surface area contributed by atoms with E-state index in [9.17, 15) is 9.18 Å². The zero-order valence-corrected chi connectivity index (χ0v) is 11.8. The minimum Gasteiger partial charge on any atom is -0.491 e. The normalized spacial score (nSPS) is 14.1. The van der Waals surface area contributed by atoms with Crippen LogP contribution in [0.15, 0.2) is 42.5 Å². The molecule has 1 aliphatic heterocycles. The minimum absolute atomic E-state index is 0.172. The van der Waals surface area contributed by atoms with Gasteiger partial charge in [0.25, 0.3) is 5.91 Å². The molecule has 0 saturated heterocycles. The maximum atomic E-state index is 13.6. The summed E-state index contributed by atoms with van der Waals surface area (Å²) in [5.41, 5.74) is 1.88. The van der Waals surface area contributed by atoms with E-state index in [1.807, 2.05) is 24.3 Å². The molecule has 0 saturated carbocycles. The Morgan fingerprint density at radius 3 is 2.86 bits per heavy atom. The first kappa shape index (κ1) is 13.6. The van der Waals surface area contributed by atoms with E-state index in [0.29, 0.717) is 30.8 Å². The molecule has 0 atom stereocenters. The van der Waals surface area contributed by atoms with E-state index in [0.717, 1.165) is 11.3 Å². The van der Waals surface area contributed by atoms with Crippen LogP contribution in [0.4, 0.5) is 4.39 Å². The summed E-state index contributed by atoms with van der Waals surface area (Å²) in [6.07, 6.45) is 0. The van der Waals surface area contributed by atoms with E-state index in [4.69, 9.17) is 4.74 Å². The summed E-state index contributed by atoms with van der Waals surface area (Å²) in [7, 11) is 0. The summed E-state index contributed by atoms with van der Waals surface area (Å²) in [6.45, 7) is 3.09. The maximum absolute atomic E-state index is 13.6. The molecule has 0 fully saturated rings. The van der Waals surface area contributed by atoms with Crippen LogP contribution in [-0.4, -0.2) is 24.0 Å². The molecule has 2 aromatic rings. The van der Waals surface area contributed by atoms with Crippen molar-refractivity contribution < 1.29 is 13.9 Å². The molecule has 0 spiro atoms. The summed E-state index contributed by atoms with van der Waals surface area (Å²) in [5, 5.41) is 0. The first-order valence-corrected chi connectivity index (χ1v) is 6.91. The molecule has 1 aliphatic rings. The lowest BCUT2D eigenvalue weighted by atomic mass is 10.1.